The number of nitrogens with two attached hydrogens (primary N) is 1. The van der Waals surface area contributed by atoms with Crippen LogP contribution in [0.4, 0.5) is 5.69 Å². The molecule has 1 aliphatic heterocycles. The van der Waals surface area contributed by atoms with Gasteiger partial charge in [0.05, 0.1) is 12.2 Å². The highest BCUT2D eigenvalue weighted by Gasteiger charge is 2.28. The summed E-state index contributed by atoms with van der Waals surface area (Å²) >= 11 is 0. The Labute approximate surface area is 160 Å². The van der Waals surface area contributed by atoms with Crippen molar-refractivity contribution in [3.05, 3.63) is 29.8 Å². The van der Waals surface area contributed by atoms with Gasteiger partial charge in [-0.2, -0.15) is 0 Å². The zero-order valence-corrected chi connectivity index (χ0v) is 16.1. The first-order chi connectivity index (χ1) is 11.9. The fraction of sp³-hybridized carbons (Fsp3) is 0.579. The maximum atomic E-state index is 12.6. The van der Waals surface area contributed by atoms with Gasteiger partial charge < -0.3 is 20.7 Å². The average molecular weight is 382 g/mol. The molecule has 1 aliphatic carbocycles. The van der Waals surface area contributed by atoms with Gasteiger partial charge in [-0.3, -0.25) is 9.59 Å². The zero-order valence-electron chi connectivity index (χ0n) is 15.3. The van der Waals surface area contributed by atoms with Gasteiger partial charge in [0.1, 0.15) is 0 Å². The Balaban J connectivity index is 0.00000243. The van der Waals surface area contributed by atoms with Crippen molar-refractivity contribution in [2.45, 2.75) is 51.4 Å². The molecule has 0 radical (unpaired) electrons. The largest absolute Gasteiger partial charge is 0.372 e. The van der Waals surface area contributed by atoms with Crippen LogP contribution in [0.25, 0.3) is 0 Å². The molecule has 26 heavy (non-hydrogen) atoms. The monoisotopic (exact) mass is 381 g/mol. The van der Waals surface area contributed by atoms with Crippen molar-refractivity contribution in [2.24, 2.45) is 11.7 Å². The van der Waals surface area contributed by atoms with Gasteiger partial charge in [0, 0.05) is 36.3 Å². The van der Waals surface area contributed by atoms with Gasteiger partial charge in [-0.25, -0.2) is 0 Å². The van der Waals surface area contributed by atoms with Crippen molar-refractivity contribution < 1.29 is 14.3 Å². The van der Waals surface area contributed by atoms with Crippen molar-refractivity contribution in [1.82, 2.24) is 4.90 Å². The third-order valence-corrected chi connectivity index (χ3v) is 4.95. The number of amides is 2. The first-order valence-corrected chi connectivity index (χ1v) is 9.03. The molecule has 144 valence electrons. The Morgan fingerprint density at radius 3 is 2.27 bits per heavy atom. The number of rotatable bonds is 3. The average Bonchev–Trinajstić information content (AvgIpc) is 3.00. The minimum absolute atomic E-state index is 0. The highest BCUT2D eigenvalue weighted by Crippen LogP contribution is 2.25. The van der Waals surface area contributed by atoms with Crippen molar-refractivity contribution in [3.63, 3.8) is 0 Å². The molecule has 2 fully saturated rings. The van der Waals surface area contributed by atoms with Gasteiger partial charge in [-0.15, -0.1) is 12.4 Å². The van der Waals surface area contributed by atoms with Crippen LogP contribution in [-0.4, -0.2) is 48.1 Å². The summed E-state index contributed by atoms with van der Waals surface area (Å²) in [6, 6.07) is 7.24. The summed E-state index contributed by atoms with van der Waals surface area (Å²) in [6.45, 7) is 5.15. The topological polar surface area (TPSA) is 84.7 Å². The predicted octanol–water partition coefficient (Wildman–Crippen LogP) is 2.42. The number of carbonyl (C=O) groups excluding carboxylic acids is 2. The standard InChI is InChI=1S/C19H27N3O3.ClH/c1-12-10-22(11-13(2)25-12)19(24)14-4-7-17(8-5-14)21-18(23)15-3-6-16(20)9-15;/h4-5,7-8,12-13,15-16H,3,6,9-11,20H2,1-2H3,(H,21,23);1H. The van der Waals surface area contributed by atoms with E-state index in [1.165, 1.54) is 0 Å². The summed E-state index contributed by atoms with van der Waals surface area (Å²) in [5.41, 5.74) is 7.21. The molecule has 6 nitrogen and oxygen atoms in total. The lowest BCUT2D eigenvalue weighted by Gasteiger charge is -2.35. The lowest BCUT2D eigenvalue weighted by Crippen LogP contribution is -2.48. The number of benzene rings is 1. The Morgan fingerprint density at radius 2 is 1.73 bits per heavy atom. The molecule has 4 atom stereocenters. The Hall–Kier alpha value is -1.63. The smallest absolute Gasteiger partial charge is 0.254 e. The minimum atomic E-state index is -0.00682. The third kappa shape index (κ3) is 4.96. The molecule has 4 unspecified atom stereocenters. The molecule has 1 aromatic carbocycles. The van der Waals surface area contributed by atoms with Crippen molar-refractivity contribution in [2.75, 3.05) is 18.4 Å². The van der Waals surface area contributed by atoms with E-state index in [4.69, 9.17) is 10.5 Å². The number of halogens is 1. The molecule has 2 aliphatic rings. The van der Waals surface area contributed by atoms with Gasteiger partial charge in [0.25, 0.3) is 5.91 Å². The van der Waals surface area contributed by atoms with E-state index in [1.807, 2.05) is 18.7 Å². The quantitative estimate of drug-likeness (QED) is 0.842. The number of morpholine rings is 1. The van der Waals surface area contributed by atoms with Gasteiger partial charge in [-0.05, 0) is 57.4 Å². The predicted molar refractivity (Wildman–Crippen MR) is 104 cm³/mol. The number of nitrogens with one attached hydrogen (secondary N) is 1. The second-order valence-electron chi connectivity index (χ2n) is 7.30. The molecule has 1 saturated heterocycles. The molecule has 1 saturated carbocycles. The van der Waals surface area contributed by atoms with Gasteiger partial charge >= 0.3 is 0 Å². The van der Waals surface area contributed by atoms with Crippen LogP contribution in [0.5, 0.6) is 0 Å². The summed E-state index contributed by atoms with van der Waals surface area (Å²) in [6.07, 6.45) is 2.59. The summed E-state index contributed by atoms with van der Waals surface area (Å²) in [5.74, 6) is 0.0112. The van der Waals surface area contributed by atoms with E-state index >= 15 is 0 Å². The van der Waals surface area contributed by atoms with Crippen LogP contribution in [0.3, 0.4) is 0 Å². The summed E-state index contributed by atoms with van der Waals surface area (Å²) in [4.78, 5) is 26.7. The van der Waals surface area contributed by atoms with Gasteiger partial charge in [0.2, 0.25) is 5.91 Å². The van der Waals surface area contributed by atoms with E-state index < -0.39 is 0 Å². The van der Waals surface area contributed by atoms with E-state index in [9.17, 15) is 9.59 Å². The maximum absolute atomic E-state index is 12.6. The Morgan fingerprint density at radius 1 is 1.12 bits per heavy atom. The van der Waals surface area contributed by atoms with Crippen LogP contribution in [0.15, 0.2) is 24.3 Å². The van der Waals surface area contributed by atoms with Crippen LogP contribution in [0.1, 0.15) is 43.5 Å². The van der Waals surface area contributed by atoms with E-state index in [2.05, 4.69) is 5.32 Å². The number of hydrogen-bond donors (Lipinski definition) is 2. The molecule has 0 spiro atoms. The molecular formula is C19H28ClN3O3. The first kappa shape index (κ1) is 20.7. The van der Waals surface area contributed by atoms with Crippen molar-refractivity contribution in [3.8, 4) is 0 Å². The van der Waals surface area contributed by atoms with E-state index in [1.54, 1.807) is 24.3 Å². The maximum Gasteiger partial charge on any atom is 0.254 e. The number of ether oxygens (including phenoxy) is 1. The number of carbonyl (C=O) groups is 2. The zero-order chi connectivity index (χ0) is 18.0. The lowest BCUT2D eigenvalue weighted by atomic mass is 10.1. The normalized spacial score (nSPS) is 28.3. The SMILES string of the molecule is CC1CN(C(=O)c2ccc(NC(=O)C3CCC(N)C3)cc2)CC(C)O1.Cl. The van der Waals surface area contributed by atoms with E-state index in [0.29, 0.717) is 24.3 Å². The molecular weight excluding hydrogens is 354 g/mol. The minimum Gasteiger partial charge on any atom is -0.372 e. The van der Waals surface area contributed by atoms with E-state index in [-0.39, 0.29) is 48.4 Å². The van der Waals surface area contributed by atoms with Crippen LogP contribution in [0, 0.1) is 5.92 Å². The summed E-state index contributed by atoms with van der Waals surface area (Å²) in [5, 5.41) is 2.92. The fourth-order valence-corrected chi connectivity index (χ4v) is 3.72. The fourth-order valence-electron chi connectivity index (χ4n) is 3.72. The Bertz CT molecular complexity index is 627. The highest BCUT2D eigenvalue weighted by atomic mass is 35.5. The number of hydrogen-bond acceptors (Lipinski definition) is 4. The van der Waals surface area contributed by atoms with E-state index in [0.717, 1.165) is 19.3 Å². The Kier molecular flexibility index (Phi) is 7.03. The second kappa shape index (κ2) is 8.84. The van der Waals surface area contributed by atoms with Crippen LogP contribution in [0.2, 0.25) is 0 Å². The summed E-state index contributed by atoms with van der Waals surface area (Å²) < 4.78 is 5.67. The van der Waals surface area contributed by atoms with Crippen LogP contribution in [-0.2, 0) is 9.53 Å². The third-order valence-electron chi connectivity index (χ3n) is 4.95. The van der Waals surface area contributed by atoms with Crippen LogP contribution < -0.4 is 11.1 Å². The van der Waals surface area contributed by atoms with Gasteiger partial charge in [0.15, 0.2) is 0 Å². The summed E-state index contributed by atoms with van der Waals surface area (Å²) in [7, 11) is 0. The first-order valence-electron chi connectivity index (χ1n) is 9.03. The van der Waals surface area contributed by atoms with Crippen LogP contribution >= 0.6 is 12.4 Å². The number of nitrogens with zero attached hydrogens (tertiary/aromatic N) is 1. The molecule has 3 N–H and O–H groups in total. The molecule has 7 heteroatoms. The molecule has 1 heterocycles. The molecule has 3 rings (SSSR count). The van der Waals surface area contributed by atoms with Gasteiger partial charge in [-0.1, -0.05) is 0 Å². The number of anilines is 1. The molecule has 1 aromatic rings. The highest BCUT2D eigenvalue weighted by molar-refractivity contribution is 5.96. The lowest BCUT2D eigenvalue weighted by molar-refractivity contribution is -0.119. The molecule has 2 amide bonds. The van der Waals surface area contributed by atoms with Crippen molar-refractivity contribution in [1.29, 1.82) is 0 Å². The molecule has 0 bridgehead atoms. The molecule has 0 aromatic heterocycles. The second-order valence-corrected chi connectivity index (χ2v) is 7.30. The van der Waals surface area contributed by atoms with Crippen molar-refractivity contribution >= 4 is 29.9 Å².